The maximum Gasteiger partial charge on any atom is 0.228 e. The fourth-order valence-electron chi connectivity index (χ4n) is 1.54. The van der Waals surface area contributed by atoms with Crippen LogP contribution >= 0.6 is 11.3 Å². The van der Waals surface area contributed by atoms with Crippen LogP contribution in [0.2, 0.25) is 0 Å². The van der Waals surface area contributed by atoms with Gasteiger partial charge in [-0.2, -0.15) is 20.9 Å². The van der Waals surface area contributed by atoms with Crippen LogP contribution in [-0.2, 0) is 16.6 Å². The molecule has 0 aliphatic heterocycles. The van der Waals surface area contributed by atoms with E-state index in [-0.39, 0.29) is 6.04 Å². The van der Waals surface area contributed by atoms with E-state index in [1.54, 1.807) is 17.4 Å². The van der Waals surface area contributed by atoms with Crippen molar-refractivity contribution in [1.29, 1.82) is 5.26 Å². The van der Waals surface area contributed by atoms with Crippen molar-refractivity contribution in [3.05, 3.63) is 22.4 Å². The number of rotatable bonds is 5. The Bertz CT molecular complexity index is 483. The van der Waals surface area contributed by atoms with Gasteiger partial charge in [0.25, 0.3) is 0 Å². The largest absolute Gasteiger partial charge is 0.228 e. The second-order valence-electron chi connectivity index (χ2n) is 3.82. The van der Waals surface area contributed by atoms with E-state index >= 15 is 0 Å². The maximum atomic E-state index is 11.8. The van der Waals surface area contributed by atoms with Crippen molar-refractivity contribution in [2.24, 2.45) is 0 Å². The van der Waals surface area contributed by atoms with Crippen LogP contribution in [0.3, 0.4) is 0 Å². The normalized spacial score (nSPS) is 16.2. The third-order valence-electron chi connectivity index (χ3n) is 2.48. The van der Waals surface area contributed by atoms with Crippen LogP contribution in [0.5, 0.6) is 0 Å². The average Bonchev–Trinajstić information content (AvgIpc) is 2.92. The summed E-state index contributed by atoms with van der Waals surface area (Å²) in [5.74, 6) is -0.423. The van der Waals surface area contributed by atoms with E-state index in [4.69, 9.17) is 5.26 Å². The molecule has 0 spiro atoms. The van der Waals surface area contributed by atoms with Crippen LogP contribution in [0, 0.1) is 11.3 Å². The predicted molar refractivity (Wildman–Crippen MR) is 62.3 cm³/mol. The summed E-state index contributed by atoms with van der Waals surface area (Å²) in [6, 6.07) is 3.75. The van der Waals surface area contributed by atoms with Crippen LogP contribution in [0.1, 0.15) is 18.4 Å². The Labute approximate surface area is 99.2 Å². The molecular weight excluding hydrogens is 244 g/mol. The van der Waals surface area contributed by atoms with E-state index in [9.17, 15) is 8.42 Å². The Hall–Kier alpha value is -0.900. The van der Waals surface area contributed by atoms with Gasteiger partial charge in [-0.05, 0) is 35.2 Å². The summed E-state index contributed by atoms with van der Waals surface area (Å²) in [6.07, 6.45) is 1.82. The summed E-state index contributed by atoms with van der Waals surface area (Å²) in [6.45, 7) is 0.401. The zero-order valence-corrected chi connectivity index (χ0v) is 10.3. The highest BCUT2D eigenvalue weighted by atomic mass is 32.2. The lowest BCUT2D eigenvalue weighted by atomic mass is 10.3. The molecule has 0 amide bonds. The van der Waals surface area contributed by atoms with Gasteiger partial charge in [-0.3, -0.25) is 0 Å². The van der Waals surface area contributed by atoms with E-state index in [0.29, 0.717) is 6.54 Å². The summed E-state index contributed by atoms with van der Waals surface area (Å²) in [5, 5.41) is 12.4. The quantitative estimate of drug-likeness (QED) is 0.803. The molecule has 6 heteroatoms. The van der Waals surface area contributed by atoms with Crippen LogP contribution in [0.4, 0.5) is 0 Å². The van der Waals surface area contributed by atoms with E-state index in [0.717, 1.165) is 18.4 Å². The molecule has 0 atom stereocenters. The predicted octanol–water partition coefficient (Wildman–Crippen LogP) is 1.57. The van der Waals surface area contributed by atoms with Crippen molar-refractivity contribution in [3.63, 3.8) is 0 Å². The third kappa shape index (κ3) is 2.61. The molecule has 1 heterocycles. The molecule has 1 aliphatic rings. The highest BCUT2D eigenvalue weighted by molar-refractivity contribution is 7.89. The highest BCUT2D eigenvalue weighted by Gasteiger charge is 2.36. The molecule has 0 N–H and O–H groups in total. The summed E-state index contributed by atoms with van der Waals surface area (Å²) >= 11 is 1.55. The molecule has 0 saturated heterocycles. The van der Waals surface area contributed by atoms with Gasteiger partial charge in [0.15, 0.2) is 5.75 Å². The van der Waals surface area contributed by atoms with Crippen molar-refractivity contribution in [2.45, 2.75) is 25.4 Å². The fraction of sp³-hybridized carbons (Fsp3) is 0.500. The van der Waals surface area contributed by atoms with Crippen molar-refractivity contribution in [1.82, 2.24) is 4.31 Å². The minimum Gasteiger partial charge on any atom is -0.211 e. The highest BCUT2D eigenvalue weighted by Crippen LogP contribution is 2.31. The summed E-state index contributed by atoms with van der Waals surface area (Å²) in [7, 11) is -3.41. The molecule has 16 heavy (non-hydrogen) atoms. The second kappa shape index (κ2) is 4.53. The Kier molecular flexibility index (Phi) is 3.28. The van der Waals surface area contributed by atoms with Gasteiger partial charge in [-0.15, -0.1) is 0 Å². The molecule has 86 valence electrons. The summed E-state index contributed by atoms with van der Waals surface area (Å²) in [5.41, 5.74) is 0.999. The Morgan fingerprint density at radius 3 is 2.81 bits per heavy atom. The van der Waals surface area contributed by atoms with Gasteiger partial charge < -0.3 is 0 Å². The first-order valence-corrected chi connectivity index (χ1v) is 7.56. The van der Waals surface area contributed by atoms with Crippen LogP contribution in [0.15, 0.2) is 16.8 Å². The number of sulfonamides is 1. The molecule has 0 aromatic carbocycles. The molecule has 0 unspecified atom stereocenters. The number of nitriles is 1. The molecule has 0 bridgehead atoms. The Morgan fingerprint density at radius 1 is 1.56 bits per heavy atom. The van der Waals surface area contributed by atoms with Gasteiger partial charge in [0.05, 0.1) is 6.07 Å². The van der Waals surface area contributed by atoms with Crippen molar-refractivity contribution >= 4 is 21.4 Å². The molecule has 1 fully saturated rings. The lowest BCUT2D eigenvalue weighted by molar-refractivity contribution is 0.401. The first kappa shape index (κ1) is 11.6. The Morgan fingerprint density at radius 2 is 2.31 bits per heavy atom. The summed E-state index contributed by atoms with van der Waals surface area (Å²) in [4.78, 5) is 0. The maximum absolute atomic E-state index is 11.8. The molecule has 1 aromatic rings. The van der Waals surface area contributed by atoms with Gasteiger partial charge in [0.1, 0.15) is 0 Å². The minimum atomic E-state index is -3.41. The molecule has 1 aliphatic carbocycles. The van der Waals surface area contributed by atoms with Gasteiger partial charge in [0, 0.05) is 12.6 Å². The van der Waals surface area contributed by atoms with E-state index in [1.165, 1.54) is 4.31 Å². The lowest BCUT2D eigenvalue weighted by Crippen LogP contribution is -2.34. The smallest absolute Gasteiger partial charge is 0.211 e. The van der Waals surface area contributed by atoms with Crippen molar-refractivity contribution in [3.8, 4) is 6.07 Å². The fourth-order valence-corrected chi connectivity index (χ4v) is 3.54. The number of nitrogens with zero attached hydrogens (tertiary/aromatic N) is 2. The summed E-state index contributed by atoms with van der Waals surface area (Å²) < 4.78 is 25.2. The van der Waals surface area contributed by atoms with Gasteiger partial charge in [-0.25, -0.2) is 8.42 Å². The SMILES string of the molecule is N#CCS(=O)(=O)N(Cc1ccsc1)C1CC1. The molecule has 0 radical (unpaired) electrons. The standard InChI is InChI=1S/C10H12N2O2S2/c11-4-6-16(13,14)12(10-1-2-10)7-9-3-5-15-8-9/h3,5,8,10H,1-2,6-7H2. The molecule has 1 saturated carbocycles. The number of hydrogen-bond acceptors (Lipinski definition) is 4. The monoisotopic (exact) mass is 256 g/mol. The third-order valence-corrected chi connectivity index (χ3v) is 4.84. The van der Waals surface area contributed by atoms with Crippen LogP contribution < -0.4 is 0 Å². The van der Waals surface area contributed by atoms with E-state index < -0.39 is 15.8 Å². The van der Waals surface area contributed by atoms with Crippen LogP contribution in [-0.4, -0.2) is 24.5 Å². The zero-order chi connectivity index (χ0) is 11.6. The van der Waals surface area contributed by atoms with Crippen molar-refractivity contribution in [2.75, 3.05) is 5.75 Å². The second-order valence-corrected chi connectivity index (χ2v) is 6.52. The van der Waals surface area contributed by atoms with Gasteiger partial charge in [0.2, 0.25) is 10.0 Å². The molecule has 4 nitrogen and oxygen atoms in total. The number of thiophene rings is 1. The van der Waals surface area contributed by atoms with E-state index in [2.05, 4.69) is 0 Å². The lowest BCUT2D eigenvalue weighted by Gasteiger charge is -2.19. The topological polar surface area (TPSA) is 61.2 Å². The first-order valence-electron chi connectivity index (χ1n) is 5.01. The van der Waals surface area contributed by atoms with E-state index in [1.807, 2.05) is 16.8 Å². The van der Waals surface area contributed by atoms with Crippen molar-refractivity contribution < 1.29 is 8.42 Å². The Balaban J connectivity index is 2.15. The van der Waals surface area contributed by atoms with Gasteiger partial charge >= 0.3 is 0 Å². The average molecular weight is 256 g/mol. The molecule has 2 rings (SSSR count). The van der Waals surface area contributed by atoms with Gasteiger partial charge in [-0.1, -0.05) is 0 Å². The molecule has 1 aromatic heterocycles. The molecular formula is C10H12N2O2S2. The van der Waals surface area contributed by atoms with Crippen LogP contribution in [0.25, 0.3) is 0 Å². The number of hydrogen-bond donors (Lipinski definition) is 0. The zero-order valence-electron chi connectivity index (χ0n) is 8.67. The first-order chi connectivity index (χ1) is 7.63. The minimum absolute atomic E-state index is 0.109.